The maximum atomic E-state index is 15.5. The smallest absolute Gasteiger partial charge is 0.206 e. The Morgan fingerprint density at radius 1 is 0.500 bits per heavy atom. The van der Waals surface area contributed by atoms with Crippen LogP contribution in [0.2, 0.25) is 0 Å². The van der Waals surface area contributed by atoms with E-state index in [0.717, 1.165) is 37.1 Å². The molecule has 0 nitrogen and oxygen atoms in total. The minimum Gasteiger partial charge on any atom is -0.206 e. The molecule has 0 amide bonds. The largest absolute Gasteiger partial charge is 0.343 e. The van der Waals surface area contributed by atoms with Crippen molar-refractivity contribution >= 4 is 0 Å². The predicted molar refractivity (Wildman–Crippen MR) is 122 cm³/mol. The topological polar surface area (TPSA) is 0 Å². The van der Waals surface area contributed by atoms with Crippen LogP contribution in [0, 0.1) is 23.3 Å². The fourth-order valence-electron chi connectivity index (χ4n) is 4.80. The highest BCUT2D eigenvalue weighted by Crippen LogP contribution is 2.60. The molecule has 0 saturated carbocycles. The lowest BCUT2D eigenvalue weighted by Gasteiger charge is -2.36. The van der Waals surface area contributed by atoms with Crippen molar-refractivity contribution in [1.82, 2.24) is 0 Å². The van der Waals surface area contributed by atoms with Gasteiger partial charge in [-0.2, -0.15) is 17.6 Å². The van der Waals surface area contributed by atoms with Crippen LogP contribution in [0.15, 0.2) is 36.4 Å². The zero-order valence-electron chi connectivity index (χ0n) is 19.7. The van der Waals surface area contributed by atoms with Crippen molar-refractivity contribution in [1.29, 1.82) is 0 Å². The van der Waals surface area contributed by atoms with Gasteiger partial charge in [0.05, 0.1) is 11.1 Å². The van der Waals surface area contributed by atoms with Gasteiger partial charge < -0.3 is 0 Å². The summed E-state index contributed by atoms with van der Waals surface area (Å²) < 4.78 is 121. The molecule has 0 spiro atoms. The highest BCUT2D eigenvalue weighted by Gasteiger charge is 2.65. The van der Waals surface area contributed by atoms with Crippen LogP contribution in [0.25, 0.3) is 22.3 Å². The highest BCUT2D eigenvalue weighted by atomic mass is 19.3. The molecule has 36 heavy (non-hydrogen) atoms. The van der Waals surface area contributed by atoms with Gasteiger partial charge in [0.15, 0.2) is 11.6 Å². The van der Waals surface area contributed by atoms with E-state index < -0.39 is 68.5 Å². The molecule has 0 atom stereocenters. The molecule has 8 heteroatoms. The maximum absolute atomic E-state index is 15.5. The van der Waals surface area contributed by atoms with Crippen molar-refractivity contribution in [2.24, 2.45) is 0 Å². The van der Waals surface area contributed by atoms with Crippen molar-refractivity contribution in [3.05, 3.63) is 81.9 Å². The number of rotatable bonds is 7. The molecule has 0 N–H and O–H groups in total. The summed E-state index contributed by atoms with van der Waals surface area (Å²) in [4.78, 5) is 0. The minimum absolute atomic E-state index is 0.0483. The van der Waals surface area contributed by atoms with Crippen LogP contribution in [0.5, 0.6) is 0 Å². The summed E-state index contributed by atoms with van der Waals surface area (Å²) in [6.45, 7) is 3.62. The standard InChI is InChI=1S/C28H24F8/c1-3-5-6-8-16-10-12-20(26(32)24(16)30)19-14-13-18-17-11-9-15(7-4-2)23(29)21(17)27(33,34)28(35,36)22(18)25(19)31/h9-14H,3-8H2,1-2H3. The van der Waals surface area contributed by atoms with Gasteiger partial charge in [0.1, 0.15) is 11.6 Å². The Labute approximate surface area is 204 Å². The Morgan fingerprint density at radius 2 is 0.972 bits per heavy atom. The molecule has 0 unspecified atom stereocenters. The first-order chi connectivity index (χ1) is 17.0. The van der Waals surface area contributed by atoms with Crippen LogP contribution in [-0.4, -0.2) is 0 Å². The Hall–Kier alpha value is -2.90. The number of hydrogen-bond acceptors (Lipinski definition) is 0. The zero-order chi connectivity index (χ0) is 26.4. The molecule has 0 aromatic heterocycles. The van der Waals surface area contributed by atoms with Gasteiger partial charge in [-0.1, -0.05) is 69.5 Å². The summed E-state index contributed by atoms with van der Waals surface area (Å²) in [7, 11) is 0. The van der Waals surface area contributed by atoms with Crippen LogP contribution < -0.4 is 0 Å². The first-order valence-corrected chi connectivity index (χ1v) is 11.9. The van der Waals surface area contributed by atoms with Crippen LogP contribution in [0.3, 0.4) is 0 Å². The van der Waals surface area contributed by atoms with Gasteiger partial charge in [-0.15, -0.1) is 0 Å². The van der Waals surface area contributed by atoms with E-state index in [1.807, 2.05) is 6.92 Å². The second kappa shape index (κ2) is 9.52. The fourth-order valence-corrected chi connectivity index (χ4v) is 4.80. The van der Waals surface area contributed by atoms with E-state index in [4.69, 9.17) is 0 Å². The highest BCUT2D eigenvalue weighted by molar-refractivity contribution is 5.80. The molecule has 1 aliphatic rings. The average Bonchev–Trinajstić information content (AvgIpc) is 2.82. The Kier molecular flexibility index (Phi) is 6.92. The third kappa shape index (κ3) is 3.89. The quantitative estimate of drug-likeness (QED) is 0.219. The van der Waals surface area contributed by atoms with Gasteiger partial charge in [-0.05, 0) is 41.5 Å². The van der Waals surface area contributed by atoms with Crippen LogP contribution in [0.4, 0.5) is 35.1 Å². The Morgan fingerprint density at radius 3 is 1.56 bits per heavy atom. The maximum Gasteiger partial charge on any atom is 0.343 e. The van der Waals surface area contributed by atoms with Gasteiger partial charge >= 0.3 is 11.8 Å². The third-order valence-electron chi connectivity index (χ3n) is 6.70. The molecule has 0 bridgehead atoms. The van der Waals surface area contributed by atoms with Gasteiger partial charge in [0, 0.05) is 11.1 Å². The summed E-state index contributed by atoms with van der Waals surface area (Å²) in [6.07, 6.45) is 2.92. The second-order valence-corrected chi connectivity index (χ2v) is 9.07. The molecule has 4 rings (SSSR count). The normalized spacial score (nSPS) is 15.5. The number of unbranched alkanes of at least 4 members (excludes halogenated alkanes) is 2. The summed E-state index contributed by atoms with van der Waals surface area (Å²) >= 11 is 0. The van der Waals surface area contributed by atoms with Crippen molar-refractivity contribution in [3.63, 3.8) is 0 Å². The van der Waals surface area contributed by atoms with Gasteiger partial charge in [0.25, 0.3) is 0 Å². The summed E-state index contributed by atoms with van der Waals surface area (Å²) in [5, 5.41) is 0. The molecular formula is C28H24F8. The zero-order valence-corrected chi connectivity index (χ0v) is 19.7. The van der Waals surface area contributed by atoms with Gasteiger partial charge in [0.2, 0.25) is 0 Å². The predicted octanol–water partition coefficient (Wildman–Crippen LogP) is 9.46. The Bertz CT molecular complexity index is 1310. The molecule has 1 aliphatic carbocycles. The fraction of sp³-hybridized carbons (Fsp3) is 0.357. The van der Waals surface area contributed by atoms with Gasteiger partial charge in [-0.3, -0.25) is 0 Å². The lowest BCUT2D eigenvalue weighted by atomic mass is 9.77. The monoisotopic (exact) mass is 512 g/mol. The van der Waals surface area contributed by atoms with Crippen molar-refractivity contribution < 1.29 is 35.1 Å². The number of hydrogen-bond donors (Lipinski definition) is 0. The van der Waals surface area contributed by atoms with Gasteiger partial charge in [-0.25, -0.2) is 17.6 Å². The number of aryl methyl sites for hydroxylation is 2. The lowest BCUT2D eigenvalue weighted by molar-refractivity contribution is -0.227. The van der Waals surface area contributed by atoms with E-state index in [-0.39, 0.29) is 24.0 Å². The average molecular weight is 512 g/mol. The molecule has 0 radical (unpaired) electrons. The van der Waals surface area contributed by atoms with E-state index in [1.165, 1.54) is 12.1 Å². The number of alkyl halides is 4. The van der Waals surface area contributed by atoms with E-state index in [1.54, 1.807) is 6.92 Å². The summed E-state index contributed by atoms with van der Waals surface area (Å²) in [5.74, 6) is -16.2. The summed E-state index contributed by atoms with van der Waals surface area (Å²) in [6, 6.07) is 6.39. The van der Waals surface area contributed by atoms with E-state index >= 15 is 22.0 Å². The SMILES string of the molecule is CCCCCc1ccc(-c2ccc3c(c2F)C(F)(F)C(F)(F)c2c-3ccc(CCC)c2F)c(F)c1F. The first-order valence-electron chi connectivity index (χ1n) is 11.9. The molecule has 0 saturated heterocycles. The van der Waals surface area contributed by atoms with Crippen molar-refractivity contribution in [3.8, 4) is 22.3 Å². The van der Waals surface area contributed by atoms with Crippen molar-refractivity contribution in [2.45, 2.75) is 64.2 Å². The van der Waals surface area contributed by atoms with Crippen LogP contribution in [0.1, 0.15) is 61.8 Å². The Balaban J connectivity index is 1.91. The third-order valence-corrected chi connectivity index (χ3v) is 6.70. The lowest BCUT2D eigenvalue weighted by Crippen LogP contribution is -2.41. The van der Waals surface area contributed by atoms with Crippen LogP contribution in [-0.2, 0) is 24.7 Å². The molecule has 0 heterocycles. The molecule has 0 fully saturated rings. The molecule has 192 valence electrons. The molecule has 3 aromatic carbocycles. The van der Waals surface area contributed by atoms with E-state index in [9.17, 15) is 13.2 Å². The second-order valence-electron chi connectivity index (χ2n) is 9.07. The molecule has 3 aromatic rings. The molecular weight excluding hydrogens is 488 g/mol. The number of fused-ring (bicyclic) bond motifs is 3. The van der Waals surface area contributed by atoms with Crippen molar-refractivity contribution in [2.75, 3.05) is 0 Å². The number of halogens is 8. The minimum atomic E-state index is -5.14. The van der Waals surface area contributed by atoms with Crippen LogP contribution >= 0.6 is 0 Å². The first kappa shape index (κ1) is 26.2. The molecule has 0 aliphatic heterocycles. The summed E-state index contributed by atoms with van der Waals surface area (Å²) in [5.41, 5.74) is -5.91. The number of benzene rings is 3. The van der Waals surface area contributed by atoms with E-state index in [0.29, 0.717) is 12.8 Å². The van der Waals surface area contributed by atoms with E-state index in [2.05, 4.69) is 0 Å².